The van der Waals surface area contributed by atoms with Crippen molar-refractivity contribution < 1.29 is 27.0 Å². The Morgan fingerprint density at radius 3 is 2.70 bits per heavy atom. The van der Waals surface area contributed by atoms with Gasteiger partial charge in [-0.2, -0.15) is 4.98 Å². The van der Waals surface area contributed by atoms with Crippen LogP contribution in [0.25, 0.3) is 6.08 Å². The Balaban J connectivity index is 1.56. The van der Waals surface area contributed by atoms with Crippen molar-refractivity contribution in [3.63, 3.8) is 0 Å². The highest BCUT2D eigenvalue weighted by atomic mass is 32.2. The van der Waals surface area contributed by atoms with E-state index in [0.29, 0.717) is 18.2 Å². The van der Waals surface area contributed by atoms with Crippen molar-refractivity contribution in [3.05, 3.63) is 46.9 Å². The summed E-state index contributed by atoms with van der Waals surface area (Å²) < 4.78 is 59.1. The predicted molar refractivity (Wildman–Crippen MR) is 172 cm³/mol. The van der Waals surface area contributed by atoms with Crippen molar-refractivity contribution in [2.75, 3.05) is 59.5 Å². The molecule has 2 N–H and O–H groups in total. The molecule has 242 valence electrons. The smallest absolute Gasteiger partial charge is 0.290 e. The van der Waals surface area contributed by atoms with Crippen LogP contribution in [0.1, 0.15) is 56.7 Å². The van der Waals surface area contributed by atoms with Crippen LogP contribution in [0, 0.1) is 12.8 Å². The van der Waals surface area contributed by atoms with Gasteiger partial charge in [-0.25, -0.2) is 27.2 Å². The summed E-state index contributed by atoms with van der Waals surface area (Å²) in [6.45, 7) is 13.7. The second-order valence-corrected chi connectivity index (χ2v) is 14.2. The molecular formula is C31H44F2N6O4S. The zero-order valence-electron chi connectivity index (χ0n) is 26.1. The summed E-state index contributed by atoms with van der Waals surface area (Å²) in [5.41, 5.74) is 4.17. The third-order valence-corrected chi connectivity index (χ3v) is 10.4. The molecule has 0 bridgehead atoms. The Labute approximate surface area is 259 Å². The van der Waals surface area contributed by atoms with Crippen molar-refractivity contribution in [3.8, 4) is 0 Å². The molecule has 0 saturated carbocycles. The fourth-order valence-electron chi connectivity index (χ4n) is 5.84. The highest BCUT2D eigenvalue weighted by molar-refractivity contribution is 7.91. The monoisotopic (exact) mass is 634 g/mol. The van der Waals surface area contributed by atoms with E-state index in [4.69, 9.17) is 9.84 Å². The minimum absolute atomic E-state index is 0.0752. The van der Waals surface area contributed by atoms with Gasteiger partial charge in [0, 0.05) is 42.7 Å². The molecule has 2 aliphatic rings. The summed E-state index contributed by atoms with van der Waals surface area (Å²) >= 11 is 0. The SMILES string of the molecule is C=N/C(=C\c1c(C(C)C)ccc(N2C[C@H](CS(=O)(=O)CC)[C@H]2C)c1C)Nc1ccnc(N2CC[C@@H](OCCO)C(F)(F)C2)n1. The fraction of sp³-hybridized carbons (Fsp3) is 0.581. The molecule has 1 aromatic carbocycles. The van der Waals surface area contributed by atoms with Crippen LogP contribution in [-0.4, -0.2) is 92.6 Å². The molecule has 13 heteroatoms. The lowest BCUT2D eigenvalue weighted by Crippen LogP contribution is -2.57. The number of nitrogens with one attached hydrogen (secondary N) is 1. The highest BCUT2D eigenvalue weighted by Gasteiger charge is 2.46. The van der Waals surface area contributed by atoms with Crippen LogP contribution in [0.15, 0.2) is 35.2 Å². The number of halogens is 2. The van der Waals surface area contributed by atoms with E-state index >= 15 is 0 Å². The van der Waals surface area contributed by atoms with E-state index in [2.05, 4.69) is 64.8 Å². The second kappa shape index (κ2) is 13.9. The van der Waals surface area contributed by atoms with Crippen molar-refractivity contribution in [2.24, 2.45) is 10.9 Å². The summed E-state index contributed by atoms with van der Waals surface area (Å²) in [7, 11) is -3.05. The van der Waals surface area contributed by atoms with Gasteiger partial charge in [0.15, 0.2) is 0 Å². The van der Waals surface area contributed by atoms with Crippen LogP contribution in [0.4, 0.5) is 26.2 Å². The third kappa shape index (κ3) is 7.55. The van der Waals surface area contributed by atoms with Crippen molar-refractivity contribution in [1.29, 1.82) is 0 Å². The van der Waals surface area contributed by atoms with Gasteiger partial charge in [0.1, 0.15) is 27.6 Å². The number of aliphatic hydroxyl groups is 1. The number of sulfone groups is 1. The van der Waals surface area contributed by atoms with Crippen molar-refractivity contribution in [2.45, 2.75) is 65.0 Å². The van der Waals surface area contributed by atoms with Gasteiger partial charge in [-0.3, -0.25) is 0 Å². The largest absolute Gasteiger partial charge is 0.394 e. The van der Waals surface area contributed by atoms with Crippen LogP contribution >= 0.6 is 0 Å². The molecule has 2 saturated heterocycles. The topological polar surface area (TPSA) is 120 Å². The number of hydrogen-bond acceptors (Lipinski definition) is 10. The molecular weight excluding hydrogens is 590 g/mol. The fourth-order valence-corrected chi connectivity index (χ4v) is 7.11. The number of piperidine rings is 1. The van der Waals surface area contributed by atoms with E-state index in [0.717, 1.165) is 22.4 Å². The van der Waals surface area contributed by atoms with E-state index < -0.39 is 28.4 Å². The zero-order chi connectivity index (χ0) is 32.2. The maximum absolute atomic E-state index is 14.7. The first-order valence-corrected chi connectivity index (χ1v) is 16.9. The molecule has 3 atom stereocenters. The van der Waals surface area contributed by atoms with Crippen LogP contribution in [0.3, 0.4) is 0 Å². The Hall–Kier alpha value is -3.16. The number of benzene rings is 1. The number of ether oxygens (including phenoxy) is 1. The maximum Gasteiger partial charge on any atom is 0.290 e. The summed E-state index contributed by atoms with van der Waals surface area (Å²) in [5, 5.41) is 12.1. The van der Waals surface area contributed by atoms with Crippen molar-refractivity contribution >= 4 is 40.1 Å². The number of aliphatic hydroxyl groups excluding tert-OH is 1. The summed E-state index contributed by atoms with van der Waals surface area (Å²) in [6.07, 6.45) is 2.22. The molecule has 4 rings (SSSR count). The molecule has 3 heterocycles. The molecule has 2 aromatic rings. The average molecular weight is 635 g/mol. The third-order valence-electron chi connectivity index (χ3n) is 8.54. The van der Waals surface area contributed by atoms with Crippen LogP contribution in [0.5, 0.6) is 0 Å². The minimum atomic E-state index is -3.12. The Morgan fingerprint density at radius 1 is 1.34 bits per heavy atom. The van der Waals surface area contributed by atoms with Gasteiger partial charge < -0.3 is 25.0 Å². The van der Waals surface area contributed by atoms with Gasteiger partial charge in [-0.1, -0.05) is 26.8 Å². The van der Waals surface area contributed by atoms with Gasteiger partial charge in [0.25, 0.3) is 5.92 Å². The standard InChI is InChI=1S/C31H44F2N6O4S/c1-7-44(41,42)18-23-17-39(22(23)5)26-9-8-24(20(2)3)25(21(26)4)16-29(34-6)36-28-10-12-35-30(37-28)38-13-11-27(43-15-14-40)31(32,33)19-38/h8-10,12,16,20,22-23,27,40H,6-7,11,13-15,17-19H2,1-5H3,(H,35,36,37)/b29-16+/t22-,23-,27-/m1/s1. The van der Waals surface area contributed by atoms with Gasteiger partial charge in [-0.05, 0) is 67.8 Å². The normalized spacial score (nSPS) is 22.2. The number of nitrogens with zero attached hydrogens (tertiary/aromatic N) is 5. The van der Waals surface area contributed by atoms with Crippen LogP contribution < -0.4 is 15.1 Å². The van der Waals surface area contributed by atoms with E-state index in [1.165, 1.54) is 11.1 Å². The number of alkyl halides is 2. The number of rotatable bonds is 13. The molecule has 1 aromatic heterocycles. The Morgan fingerprint density at radius 2 is 2.09 bits per heavy atom. The molecule has 0 radical (unpaired) electrons. The molecule has 0 unspecified atom stereocenters. The first kappa shape index (κ1) is 33.7. The lowest BCUT2D eigenvalue weighted by molar-refractivity contribution is -0.146. The summed E-state index contributed by atoms with van der Waals surface area (Å²) in [4.78, 5) is 16.6. The number of aliphatic imine (C=N–C) groups is 1. The molecule has 0 spiro atoms. The molecule has 44 heavy (non-hydrogen) atoms. The van der Waals surface area contributed by atoms with Crippen LogP contribution in [0.2, 0.25) is 0 Å². The van der Waals surface area contributed by atoms with Crippen molar-refractivity contribution in [1.82, 2.24) is 9.97 Å². The molecule has 10 nitrogen and oxygen atoms in total. The van der Waals surface area contributed by atoms with Gasteiger partial charge >= 0.3 is 0 Å². The number of anilines is 3. The van der Waals surface area contributed by atoms with E-state index in [1.807, 2.05) is 13.0 Å². The number of hydrogen-bond donors (Lipinski definition) is 2. The molecule has 0 aliphatic carbocycles. The molecule has 2 fully saturated rings. The summed E-state index contributed by atoms with van der Waals surface area (Å²) in [6, 6.07) is 5.92. The summed E-state index contributed by atoms with van der Waals surface area (Å²) in [5.74, 6) is -1.51. The zero-order valence-corrected chi connectivity index (χ0v) is 26.9. The minimum Gasteiger partial charge on any atom is -0.394 e. The second-order valence-electron chi connectivity index (χ2n) is 11.8. The van der Waals surface area contributed by atoms with E-state index in [1.54, 1.807) is 13.0 Å². The Kier molecular flexibility index (Phi) is 10.6. The Bertz CT molecular complexity index is 1470. The molecule has 0 amide bonds. The highest BCUT2D eigenvalue weighted by Crippen LogP contribution is 2.38. The lowest BCUT2D eigenvalue weighted by atomic mass is 9.87. The number of aromatic nitrogens is 2. The first-order valence-electron chi connectivity index (χ1n) is 15.0. The maximum atomic E-state index is 14.7. The molecule has 2 aliphatic heterocycles. The van der Waals surface area contributed by atoms with Crippen LogP contribution in [-0.2, 0) is 14.6 Å². The average Bonchev–Trinajstić information content (AvgIpc) is 2.98. The quantitative estimate of drug-likeness (QED) is 0.307. The lowest BCUT2D eigenvalue weighted by Gasteiger charge is -2.49. The van der Waals surface area contributed by atoms with Gasteiger partial charge in [-0.15, -0.1) is 0 Å². The van der Waals surface area contributed by atoms with E-state index in [9.17, 15) is 17.2 Å². The van der Waals surface area contributed by atoms with E-state index in [-0.39, 0.29) is 61.5 Å². The predicted octanol–water partition coefficient (Wildman–Crippen LogP) is 4.50. The first-order chi connectivity index (χ1) is 20.8. The van der Waals surface area contributed by atoms with Gasteiger partial charge in [0.05, 0.1) is 25.5 Å². The van der Waals surface area contributed by atoms with Gasteiger partial charge in [0.2, 0.25) is 5.95 Å².